The van der Waals surface area contributed by atoms with E-state index in [-0.39, 0.29) is 11.8 Å². The minimum Gasteiger partial charge on any atom is -0.495 e. The van der Waals surface area contributed by atoms with Crippen molar-refractivity contribution >= 4 is 22.5 Å². The predicted molar refractivity (Wildman–Crippen MR) is 116 cm³/mol. The summed E-state index contributed by atoms with van der Waals surface area (Å²) in [7, 11) is 1.71. The molecule has 2 heterocycles. The molecule has 5 heteroatoms. The quantitative estimate of drug-likeness (QED) is 0.738. The molecular formula is C24H27N3O2. The number of ether oxygens (including phenoxy) is 1. The summed E-state index contributed by atoms with van der Waals surface area (Å²) in [6.45, 7) is 3.17. The lowest BCUT2D eigenvalue weighted by Crippen LogP contribution is -2.50. The van der Waals surface area contributed by atoms with E-state index in [4.69, 9.17) is 4.74 Å². The summed E-state index contributed by atoms with van der Waals surface area (Å²) in [6, 6.07) is 16.5. The summed E-state index contributed by atoms with van der Waals surface area (Å²) in [5.74, 6) is 1.13. The van der Waals surface area contributed by atoms with Crippen LogP contribution >= 0.6 is 0 Å². The summed E-state index contributed by atoms with van der Waals surface area (Å²) >= 11 is 0. The summed E-state index contributed by atoms with van der Waals surface area (Å²) < 4.78 is 5.51. The molecule has 2 aliphatic rings. The van der Waals surface area contributed by atoms with Gasteiger partial charge in [0.25, 0.3) is 0 Å². The molecule has 1 aliphatic carbocycles. The molecule has 0 bridgehead atoms. The summed E-state index contributed by atoms with van der Waals surface area (Å²) in [4.78, 5) is 21.4. The largest absolute Gasteiger partial charge is 0.495 e. The van der Waals surface area contributed by atoms with Gasteiger partial charge in [-0.2, -0.15) is 0 Å². The van der Waals surface area contributed by atoms with Gasteiger partial charge in [-0.15, -0.1) is 0 Å². The van der Waals surface area contributed by atoms with E-state index in [1.54, 1.807) is 7.11 Å². The highest BCUT2D eigenvalue weighted by molar-refractivity contribution is 5.90. The van der Waals surface area contributed by atoms with Gasteiger partial charge in [0.15, 0.2) is 0 Å². The van der Waals surface area contributed by atoms with E-state index >= 15 is 0 Å². The van der Waals surface area contributed by atoms with E-state index in [9.17, 15) is 4.79 Å². The van der Waals surface area contributed by atoms with Crippen LogP contribution in [0.5, 0.6) is 5.75 Å². The number of carbonyl (C=O) groups excluding carboxylic acids is 1. The Bertz CT molecular complexity index is 1030. The Labute approximate surface area is 171 Å². The zero-order chi connectivity index (χ0) is 19.8. The molecule has 5 nitrogen and oxygen atoms in total. The van der Waals surface area contributed by atoms with E-state index in [0.717, 1.165) is 68.1 Å². The number of hydrogen-bond donors (Lipinski definition) is 1. The maximum absolute atomic E-state index is 13.4. The van der Waals surface area contributed by atoms with Crippen LogP contribution in [0.25, 0.3) is 10.9 Å². The molecule has 1 fully saturated rings. The average molecular weight is 389 g/mol. The molecule has 1 unspecified atom stereocenters. The van der Waals surface area contributed by atoms with Crippen molar-refractivity contribution in [3.8, 4) is 5.75 Å². The maximum atomic E-state index is 13.4. The lowest BCUT2D eigenvalue weighted by molar-refractivity contribution is -0.133. The topological polar surface area (TPSA) is 48.6 Å². The zero-order valence-electron chi connectivity index (χ0n) is 16.9. The van der Waals surface area contributed by atoms with Gasteiger partial charge < -0.3 is 19.5 Å². The highest BCUT2D eigenvalue weighted by Crippen LogP contribution is 2.37. The van der Waals surface area contributed by atoms with Crippen molar-refractivity contribution in [1.82, 2.24) is 9.88 Å². The number of anilines is 1. The number of benzene rings is 2. The van der Waals surface area contributed by atoms with Gasteiger partial charge in [0.05, 0.1) is 18.7 Å². The number of aryl methyl sites for hydroxylation is 1. The van der Waals surface area contributed by atoms with Gasteiger partial charge in [0, 0.05) is 42.8 Å². The van der Waals surface area contributed by atoms with Crippen LogP contribution in [-0.4, -0.2) is 49.1 Å². The number of hydrogen-bond acceptors (Lipinski definition) is 3. The van der Waals surface area contributed by atoms with E-state index in [1.807, 2.05) is 18.2 Å². The lowest BCUT2D eigenvalue weighted by Gasteiger charge is -2.38. The number of aromatic amines is 1. The molecule has 3 aromatic rings. The number of carbonyl (C=O) groups is 1. The standard InChI is InChI=1S/C24H27N3O2/c1-29-22-12-5-4-11-21(22)26-13-15-27(16-14-26)24(28)19-9-6-8-18-17-7-2-3-10-20(17)25-23(18)19/h2-5,7,10-12,19,25H,6,8-9,13-16H2,1H3. The van der Waals surface area contributed by atoms with Crippen molar-refractivity contribution in [3.05, 3.63) is 59.8 Å². The van der Waals surface area contributed by atoms with Crippen molar-refractivity contribution in [2.45, 2.75) is 25.2 Å². The van der Waals surface area contributed by atoms with E-state index in [1.165, 1.54) is 10.9 Å². The molecule has 1 atom stereocenters. The third kappa shape index (κ3) is 3.15. The van der Waals surface area contributed by atoms with Crippen molar-refractivity contribution in [2.75, 3.05) is 38.2 Å². The molecule has 1 saturated heterocycles. The molecule has 2 aromatic carbocycles. The van der Waals surface area contributed by atoms with Gasteiger partial charge in [-0.25, -0.2) is 0 Å². The van der Waals surface area contributed by atoms with E-state index in [0.29, 0.717) is 0 Å². The Kier molecular flexibility index (Phi) is 4.66. The monoisotopic (exact) mass is 389 g/mol. The first-order valence-corrected chi connectivity index (χ1v) is 10.5. The second-order valence-corrected chi connectivity index (χ2v) is 7.99. The predicted octanol–water partition coefficient (Wildman–Crippen LogP) is 3.95. The summed E-state index contributed by atoms with van der Waals surface area (Å²) in [6.07, 6.45) is 3.07. The smallest absolute Gasteiger partial charge is 0.231 e. The molecule has 29 heavy (non-hydrogen) atoms. The molecule has 1 amide bonds. The number of aromatic nitrogens is 1. The van der Waals surface area contributed by atoms with Crippen LogP contribution in [0.3, 0.4) is 0 Å². The number of H-pyrrole nitrogens is 1. The van der Waals surface area contributed by atoms with Crippen molar-refractivity contribution in [1.29, 1.82) is 0 Å². The van der Waals surface area contributed by atoms with Gasteiger partial charge in [0.1, 0.15) is 5.75 Å². The lowest BCUT2D eigenvalue weighted by atomic mass is 9.85. The van der Waals surface area contributed by atoms with Crippen LogP contribution in [-0.2, 0) is 11.2 Å². The molecular weight excluding hydrogens is 362 g/mol. The van der Waals surface area contributed by atoms with Crippen molar-refractivity contribution in [2.24, 2.45) is 0 Å². The van der Waals surface area contributed by atoms with Crippen LogP contribution in [0.1, 0.15) is 30.0 Å². The number of rotatable bonds is 3. The minimum absolute atomic E-state index is 0.0380. The third-order valence-corrected chi connectivity index (χ3v) is 6.43. The molecule has 1 N–H and O–H groups in total. The molecule has 0 saturated carbocycles. The van der Waals surface area contributed by atoms with Gasteiger partial charge in [-0.1, -0.05) is 30.3 Å². The Hall–Kier alpha value is -2.95. The molecule has 150 valence electrons. The van der Waals surface area contributed by atoms with Crippen molar-refractivity contribution in [3.63, 3.8) is 0 Å². The Balaban J connectivity index is 1.33. The molecule has 0 radical (unpaired) electrons. The van der Waals surface area contributed by atoms with Gasteiger partial charge >= 0.3 is 0 Å². The van der Waals surface area contributed by atoms with Crippen LogP contribution in [0.4, 0.5) is 5.69 Å². The number of methoxy groups -OCH3 is 1. The van der Waals surface area contributed by atoms with Gasteiger partial charge in [0.2, 0.25) is 5.91 Å². The number of nitrogens with zero attached hydrogens (tertiary/aromatic N) is 2. The van der Waals surface area contributed by atoms with Crippen LogP contribution in [0.15, 0.2) is 48.5 Å². The Morgan fingerprint density at radius 1 is 1.03 bits per heavy atom. The molecule has 5 rings (SSSR count). The molecule has 0 spiro atoms. The fourth-order valence-corrected chi connectivity index (χ4v) is 4.94. The first-order valence-electron chi connectivity index (χ1n) is 10.5. The number of fused-ring (bicyclic) bond motifs is 3. The maximum Gasteiger partial charge on any atom is 0.231 e. The van der Waals surface area contributed by atoms with Crippen LogP contribution < -0.4 is 9.64 Å². The van der Waals surface area contributed by atoms with E-state index < -0.39 is 0 Å². The number of amides is 1. The SMILES string of the molecule is COc1ccccc1N1CCN(C(=O)C2CCCc3c2[nH]c2ccccc32)CC1. The minimum atomic E-state index is -0.0380. The average Bonchev–Trinajstić information content (AvgIpc) is 3.17. The molecule has 1 aliphatic heterocycles. The fourth-order valence-electron chi connectivity index (χ4n) is 4.94. The number of para-hydroxylation sites is 3. The van der Waals surface area contributed by atoms with Crippen molar-refractivity contribution < 1.29 is 9.53 Å². The number of nitrogens with one attached hydrogen (secondary N) is 1. The number of piperazine rings is 1. The fraction of sp³-hybridized carbons (Fsp3) is 0.375. The Morgan fingerprint density at radius 2 is 1.79 bits per heavy atom. The second kappa shape index (κ2) is 7.47. The Morgan fingerprint density at radius 3 is 2.62 bits per heavy atom. The third-order valence-electron chi connectivity index (χ3n) is 6.43. The second-order valence-electron chi connectivity index (χ2n) is 7.99. The van der Waals surface area contributed by atoms with E-state index in [2.05, 4.69) is 45.1 Å². The highest BCUT2D eigenvalue weighted by atomic mass is 16.5. The summed E-state index contributed by atoms with van der Waals surface area (Å²) in [5, 5.41) is 1.28. The summed E-state index contributed by atoms with van der Waals surface area (Å²) in [5.41, 5.74) is 4.75. The first-order chi connectivity index (χ1) is 14.3. The van der Waals surface area contributed by atoms with Crippen LogP contribution in [0, 0.1) is 0 Å². The van der Waals surface area contributed by atoms with Gasteiger partial charge in [-0.3, -0.25) is 4.79 Å². The zero-order valence-corrected chi connectivity index (χ0v) is 16.9. The first kappa shape index (κ1) is 18.1. The highest BCUT2D eigenvalue weighted by Gasteiger charge is 2.33. The normalized spacial score (nSPS) is 19.3. The van der Waals surface area contributed by atoms with Crippen LogP contribution in [0.2, 0.25) is 0 Å². The van der Waals surface area contributed by atoms with Gasteiger partial charge in [-0.05, 0) is 43.0 Å². The molecule has 1 aromatic heterocycles.